The number of hydrogen-bond acceptors (Lipinski definition) is 7. The van der Waals surface area contributed by atoms with Crippen molar-refractivity contribution in [2.24, 2.45) is 0 Å². The Morgan fingerprint density at radius 2 is 1.85 bits per heavy atom. The van der Waals surface area contributed by atoms with Crippen LogP contribution in [0.4, 0.5) is 11.4 Å². The Morgan fingerprint density at radius 1 is 1.19 bits per heavy atom. The summed E-state index contributed by atoms with van der Waals surface area (Å²) in [6, 6.07) is 7.54. The average molecular weight is 373 g/mol. The molecule has 1 atom stereocenters. The van der Waals surface area contributed by atoms with Gasteiger partial charge >= 0.3 is 5.97 Å². The molecule has 0 radical (unpaired) electrons. The zero-order valence-corrected chi connectivity index (χ0v) is 15.7. The Bertz CT molecular complexity index is 790. The predicted octanol–water partition coefficient (Wildman–Crippen LogP) is 2.31. The predicted molar refractivity (Wildman–Crippen MR) is 99.0 cm³/mol. The van der Waals surface area contributed by atoms with Gasteiger partial charge in [0.2, 0.25) is 0 Å². The number of benzene rings is 1. The first-order chi connectivity index (χ1) is 13.0. The van der Waals surface area contributed by atoms with Crippen molar-refractivity contribution >= 4 is 23.3 Å². The van der Waals surface area contributed by atoms with Gasteiger partial charge in [0, 0.05) is 24.5 Å². The Balaban J connectivity index is 1.57. The second-order valence-corrected chi connectivity index (χ2v) is 6.38. The van der Waals surface area contributed by atoms with Gasteiger partial charge < -0.3 is 24.2 Å². The van der Waals surface area contributed by atoms with Crippen molar-refractivity contribution in [2.75, 3.05) is 36.5 Å². The molecule has 27 heavy (non-hydrogen) atoms. The van der Waals surface area contributed by atoms with Gasteiger partial charge in [-0.2, -0.15) is 0 Å². The van der Waals surface area contributed by atoms with Gasteiger partial charge in [0.1, 0.15) is 11.3 Å². The number of aromatic nitrogens is 1. The van der Waals surface area contributed by atoms with E-state index in [0.717, 1.165) is 18.8 Å². The molecule has 1 aliphatic heterocycles. The first kappa shape index (κ1) is 18.9. The summed E-state index contributed by atoms with van der Waals surface area (Å²) < 4.78 is 15.5. The molecule has 1 aromatic carbocycles. The fraction of sp³-hybridized carbons (Fsp3) is 0.421. The van der Waals surface area contributed by atoms with Crippen LogP contribution in [0, 0.1) is 13.8 Å². The molecule has 0 bridgehead atoms. The lowest BCUT2D eigenvalue weighted by Gasteiger charge is -2.28. The van der Waals surface area contributed by atoms with Crippen molar-refractivity contribution in [3.8, 4) is 0 Å². The van der Waals surface area contributed by atoms with Crippen LogP contribution < -0.4 is 10.2 Å². The van der Waals surface area contributed by atoms with Crippen LogP contribution in [0.15, 0.2) is 28.8 Å². The number of morpholine rings is 1. The molecule has 2 heterocycles. The maximum atomic E-state index is 12.3. The summed E-state index contributed by atoms with van der Waals surface area (Å²) in [6.07, 6.45) is -0.954. The number of rotatable bonds is 5. The molecule has 1 aliphatic rings. The van der Waals surface area contributed by atoms with Gasteiger partial charge in [-0.3, -0.25) is 4.79 Å². The minimum atomic E-state index is -0.954. The van der Waals surface area contributed by atoms with Gasteiger partial charge in [-0.1, -0.05) is 5.16 Å². The molecule has 2 aromatic rings. The molecule has 1 aromatic heterocycles. The van der Waals surface area contributed by atoms with Crippen LogP contribution in [0.2, 0.25) is 0 Å². The van der Waals surface area contributed by atoms with Gasteiger partial charge in [-0.25, -0.2) is 4.79 Å². The monoisotopic (exact) mass is 373 g/mol. The third-order valence-electron chi connectivity index (χ3n) is 4.40. The highest BCUT2D eigenvalue weighted by atomic mass is 16.5. The smallest absolute Gasteiger partial charge is 0.344 e. The van der Waals surface area contributed by atoms with Crippen LogP contribution in [-0.4, -0.2) is 49.4 Å². The normalized spacial score (nSPS) is 15.3. The third-order valence-corrected chi connectivity index (χ3v) is 4.40. The summed E-state index contributed by atoms with van der Waals surface area (Å²) in [5.41, 5.74) is 2.40. The van der Waals surface area contributed by atoms with Crippen molar-refractivity contribution in [2.45, 2.75) is 26.9 Å². The van der Waals surface area contributed by atoms with Gasteiger partial charge in [-0.15, -0.1) is 0 Å². The Morgan fingerprint density at radius 3 is 2.44 bits per heavy atom. The number of nitrogens with zero attached hydrogens (tertiary/aromatic N) is 2. The largest absolute Gasteiger partial charge is 0.449 e. The molecule has 1 N–H and O–H groups in total. The fourth-order valence-electron chi connectivity index (χ4n) is 2.87. The first-order valence-electron chi connectivity index (χ1n) is 8.83. The SMILES string of the molecule is Cc1noc(C)c1C(=O)O[C@H](C)C(=O)Nc1ccc(N2CCOCC2)cc1. The molecule has 8 heteroatoms. The molecule has 144 valence electrons. The van der Waals surface area contributed by atoms with Crippen LogP contribution in [0.5, 0.6) is 0 Å². The summed E-state index contributed by atoms with van der Waals surface area (Å²) in [6.45, 7) is 7.92. The van der Waals surface area contributed by atoms with Gasteiger partial charge in [-0.05, 0) is 45.0 Å². The number of anilines is 2. The number of esters is 1. The van der Waals surface area contributed by atoms with Gasteiger partial charge in [0.25, 0.3) is 5.91 Å². The van der Waals surface area contributed by atoms with Crippen molar-refractivity contribution in [1.82, 2.24) is 5.16 Å². The lowest BCUT2D eigenvalue weighted by Crippen LogP contribution is -2.36. The molecule has 0 saturated carbocycles. The van der Waals surface area contributed by atoms with Gasteiger partial charge in [0.05, 0.1) is 18.9 Å². The lowest BCUT2D eigenvalue weighted by atomic mass is 10.2. The molecule has 0 spiro atoms. The van der Waals surface area contributed by atoms with E-state index in [-0.39, 0.29) is 5.56 Å². The Hall–Kier alpha value is -2.87. The standard InChI is InChI=1S/C19H23N3O5/c1-12-17(13(2)27-21-12)19(24)26-14(3)18(23)20-15-4-6-16(7-5-15)22-8-10-25-11-9-22/h4-7,14H,8-11H2,1-3H3,(H,20,23)/t14-/m1/s1. The van der Waals surface area contributed by atoms with Crippen LogP contribution in [-0.2, 0) is 14.3 Å². The fourth-order valence-corrected chi connectivity index (χ4v) is 2.87. The van der Waals surface area contributed by atoms with E-state index in [1.54, 1.807) is 13.8 Å². The summed E-state index contributed by atoms with van der Waals surface area (Å²) in [4.78, 5) is 26.8. The number of aryl methyl sites for hydroxylation is 2. The number of hydrogen-bond donors (Lipinski definition) is 1. The summed E-state index contributed by atoms with van der Waals surface area (Å²) >= 11 is 0. The molecule has 8 nitrogen and oxygen atoms in total. The minimum absolute atomic E-state index is 0.254. The maximum absolute atomic E-state index is 12.3. The number of carbonyl (C=O) groups excluding carboxylic acids is 2. The van der Waals surface area contributed by atoms with Gasteiger partial charge in [0.15, 0.2) is 6.10 Å². The summed E-state index contributed by atoms with van der Waals surface area (Å²) in [5.74, 6) is -0.672. The van der Waals surface area contributed by atoms with E-state index >= 15 is 0 Å². The average Bonchev–Trinajstić information content (AvgIpc) is 3.01. The van der Waals surface area contributed by atoms with E-state index in [2.05, 4.69) is 15.4 Å². The van der Waals surface area contributed by atoms with E-state index < -0.39 is 18.0 Å². The van der Waals surface area contributed by atoms with Crippen LogP contribution in [0.1, 0.15) is 28.7 Å². The number of amides is 1. The molecular weight excluding hydrogens is 350 g/mol. The van der Waals surface area contributed by atoms with Crippen LogP contribution >= 0.6 is 0 Å². The van der Waals surface area contributed by atoms with Crippen molar-refractivity contribution in [1.29, 1.82) is 0 Å². The first-order valence-corrected chi connectivity index (χ1v) is 8.83. The maximum Gasteiger partial charge on any atom is 0.344 e. The van der Waals surface area contributed by atoms with E-state index in [0.29, 0.717) is 30.4 Å². The highest BCUT2D eigenvalue weighted by molar-refractivity contribution is 5.98. The summed E-state index contributed by atoms with van der Waals surface area (Å²) in [7, 11) is 0. The molecule has 1 fully saturated rings. The van der Waals surface area contributed by atoms with E-state index in [4.69, 9.17) is 14.0 Å². The highest BCUT2D eigenvalue weighted by Crippen LogP contribution is 2.20. The van der Waals surface area contributed by atoms with Crippen molar-refractivity contribution in [3.05, 3.63) is 41.3 Å². The molecule has 1 amide bonds. The Labute approximate surface area is 157 Å². The molecule has 1 saturated heterocycles. The number of carbonyl (C=O) groups is 2. The molecule has 0 unspecified atom stereocenters. The van der Waals surface area contributed by atoms with Crippen LogP contribution in [0.25, 0.3) is 0 Å². The minimum Gasteiger partial charge on any atom is -0.449 e. The molecular formula is C19H23N3O5. The third kappa shape index (κ3) is 4.46. The zero-order valence-electron chi connectivity index (χ0n) is 15.7. The lowest BCUT2D eigenvalue weighted by molar-refractivity contribution is -0.123. The molecule has 3 rings (SSSR count). The Kier molecular flexibility index (Phi) is 5.75. The van der Waals surface area contributed by atoms with Crippen molar-refractivity contribution in [3.63, 3.8) is 0 Å². The topological polar surface area (TPSA) is 93.9 Å². The van der Waals surface area contributed by atoms with Crippen molar-refractivity contribution < 1.29 is 23.6 Å². The second-order valence-electron chi connectivity index (χ2n) is 6.38. The zero-order chi connectivity index (χ0) is 19.4. The quantitative estimate of drug-likeness (QED) is 0.804. The highest BCUT2D eigenvalue weighted by Gasteiger charge is 2.24. The number of ether oxygens (including phenoxy) is 2. The second kappa shape index (κ2) is 8.22. The van der Waals surface area contributed by atoms with E-state index in [1.165, 1.54) is 6.92 Å². The molecule has 0 aliphatic carbocycles. The van der Waals surface area contributed by atoms with Crippen LogP contribution in [0.3, 0.4) is 0 Å². The summed E-state index contributed by atoms with van der Waals surface area (Å²) in [5, 5.41) is 6.47. The van der Waals surface area contributed by atoms with E-state index in [1.807, 2.05) is 24.3 Å². The van der Waals surface area contributed by atoms with E-state index in [9.17, 15) is 9.59 Å². The number of nitrogens with one attached hydrogen (secondary N) is 1.